The third-order valence-electron chi connectivity index (χ3n) is 3.54. The molecule has 6 heteroatoms. The van der Waals surface area contributed by atoms with Gasteiger partial charge in [0.1, 0.15) is 0 Å². The molecule has 0 fully saturated rings. The molecule has 126 valence electrons. The van der Waals surface area contributed by atoms with Crippen LogP contribution in [0.4, 0.5) is 5.69 Å². The number of hydrogen-bond acceptors (Lipinski definition) is 3. The first-order chi connectivity index (χ1) is 12.0. The number of rotatable bonds is 5. The smallest absolute Gasteiger partial charge is 0.261 e. The Bertz CT molecular complexity index is 1000. The fraction of sp³-hybridized carbons (Fsp3) is 0. The van der Waals surface area contributed by atoms with Gasteiger partial charge in [-0.3, -0.25) is 9.52 Å². The molecule has 0 atom stereocenters. The molecule has 0 saturated carbocycles. The van der Waals surface area contributed by atoms with Gasteiger partial charge in [0.15, 0.2) is 5.78 Å². The van der Waals surface area contributed by atoms with Crippen LogP contribution in [0.15, 0.2) is 83.8 Å². The Morgan fingerprint density at radius 1 is 0.800 bits per heavy atom. The molecule has 0 aliphatic carbocycles. The highest BCUT2D eigenvalue weighted by molar-refractivity contribution is 14.1. The van der Waals surface area contributed by atoms with Crippen LogP contribution in [0.1, 0.15) is 15.9 Å². The van der Waals surface area contributed by atoms with Crippen molar-refractivity contribution < 1.29 is 13.2 Å². The number of nitrogens with one attached hydrogen (secondary N) is 1. The maximum absolute atomic E-state index is 12.5. The van der Waals surface area contributed by atoms with Gasteiger partial charge in [-0.05, 0) is 59.0 Å². The molecule has 4 nitrogen and oxygen atoms in total. The van der Waals surface area contributed by atoms with Crippen molar-refractivity contribution in [2.24, 2.45) is 0 Å². The Labute approximate surface area is 160 Å². The molecular formula is C19H14INO3S. The predicted molar refractivity (Wildman–Crippen MR) is 106 cm³/mol. The minimum absolute atomic E-state index is 0.157. The standard InChI is InChI=1S/C19H14INO3S/c20-16-9-11-18(12-10-16)25(23,24)21-17-8-4-7-15(13-17)19(22)14-5-2-1-3-6-14/h1-13,21H. The molecule has 0 spiro atoms. The monoisotopic (exact) mass is 463 g/mol. The second-order valence-corrected chi connectivity index (χ2v) is 8.26. The Balaban J connectivity index is 1.87. The summed E-state index contributed by atoms with van der Waals surface area (Å²) < 4.78 is 28.4. The van der Waals surface area contributed by atoms with Crippen molar-refractivity contribution in [2.75, 3.05) is 4.72 Å². The lowest BCUT2D eigenvalue weighted by Gasteiger charge is -2.09. The van der Waals surface area contributed by atoms with Crippen LogP contribution < -0.4 is 4.72 Å². The number of carbonyl (C=O) groups is 1. The Kier molecular flexibility index (Phi) is 5.19. The number of benzene rings is 3. The molecule has 0 aromatic heterocycles. The Hall–Kier alpha value is -2.19. The van der Waals surface area contributed by atoms with Gasteiger partial charge in [-0.2, -0.15) is 0 Å². The lowest BCUT2D eigenvalue weighted by Crippen LogP contribution is -2.13. The normalized spacial score (nSPS) is 11.1. The van der Waals surface area contributed by atoms with Crippen LogP contribution in [0.2, 0.25) is 0 Å². The number of sulfonamides is 1. The molecule has 3 aromatic rings. The van der Waals surface area contributed by atoms with E-state index >= 15 is 0 Å². The number of hydrogen-bond donors (Lipinski definition) is 1. The summed E-state index contributed by atoms with van der Waals surface area (Å²) in [6, 6.07) is 21.9. The van der Waals surface area contributed by atoms with E-state index < -0.39 is 10.0 Å². The molecule has 1 N–H and O–H groups in total. The van der Waals surface area contributed by atoms with E-state index in [4.69, 9.17) is 0 Å². The minimum atomic E-state index is -3.70. The SMILES string of the molecule is O=C(c1ccccc1)c1cccc(NS(=O)(=O)c2ccc(I)cc2)c1. The molecule has 0 bridgehead atoms. The maximum atomic E-state index is 12.5. The average molecular weight is 463 g/mol. The van der Waals surface area contributed by atoms with Gasteiger partial charge in [0.2, 0.25) is 0 Å². The van der Waals surface area contributed by atoms with Gasteiger partial charge in [0.05, 0.1) is 4.90 Å². The quantitative estimate of drug-likeness (QED) is 0.453. The number of halogens is 1. The first-order valence-electron chi connectivity index (χ1n) is 7.44. The zero-order valence-electron chi connectivity index (χ0n) is 13.0. The maximum Gasteiger partial charge on any atom is 0.261 e. The second kappa shape index (κ2) is 7.37. The predicted octanol–water partition coefficient (Wildman–Crippen LogP) is 4.32. The first-order valence-corrected chi connectivity index (χ1v) is 10.0. The van der Waals surface area contributed by atoms with E-state index in [0.717, 1.165) is 3.57 Å². The summed E-state index contributed by atoms with van der Waals surface area (Å²) in [7, 11) is -3.70. The van der Waals surface area contributed by atoms with Crippen molar-refractivity contribution in [1.82, 2.24) is 0 Å². The Morgan fingerprint density at radius 3 is 2.12 bits per heavy atom. The largest absolute Gasteiger partial charge is 0.289 e. The Morgan fingerprint density at radius 2 is 1.44 bits per heavy atom. The van der Waals surface area contributed by atoms with Crippen LogP contribution in [-0.4, -0.2) is 14.2 Å². The molecule has 0 unspecified atom stereocenters. The van der Waals surface area contributed by atoms with Crippen LogP contribution >= 0.6 is 22.6 Å². The highest BCUT2D eigenvalue weighted by Crippen LogP contribution is 2.19. The highest BCUT2D eigenvalue weighted by atomic mass is 127. The van der Waals surface area contributed by atoms with Crippen LogP contribution in [0.3, 0.4) is 0 Å². The number of ketones is 1. The third kappa shape index (κ3) is 4.26. The fourth-order valence-electron chi connectivity index (χ4n) is 2.31. The van der Waals surface area contributed by atoms with Crippen LogP contribution in [0, 0.1) is 3.57 Å². The first kappa shape index (κ1) is 17.6. The molecule has 0 radical (unpaired) electrons. The van der Waals surface area contributed by atoms with Gasteiger partial charge in [-0.1, -0.05) is 42.5 Å². The van der Waals surface area contributed by atoms with Gasteiger partial charge in [0.25, 0.3) is 10.0 Å². The van der Waals surface area contributed by atoms with Crippen LogP contribution in [0.5, 0.6) is 0 Å². The van der Waals surface area contributed by atoms with Crippen molar-refractivity contribution in [3.63, 3.8) is 0 Å². The van der Waals surface area contributed by atoms with Crippen LogP contribution in [0.25, 0.3) is 0 Å². The molecular weight excluding hydrogens is 449 g/mol. The molecule has 0 saturated heterocycles. The molecule has 0 aliphatic heterocycles. The van der Waals surface area contributed by atoms with E-state index in [9.17, 15) is 13.2 Å². The van der Waals surface area contributed by atoms with Gasteiger partial charge in [-0.25, -0.2) is 8.42 Å². The summed E-state index contributed by atoms with van der Waals surface area (Å²) in [5, 5.41) is 0. The highest BCUT2D eigenvalue weighted by Gasteiger charge is 2.15. The molecule has 0 heterocycles. The van der Waals surface area contributed by atoms with Gasteiger partial charge >= 0.3 is 0 Å². The van der Waals surface area contributed by atoms with Crippen molar-refractivity contribution in [3.8, 4) is 0 Å². The molecule has 25 heavy (non-hydrogen) atoms. The topological polar surface area (TPSA) is 63.2 Å². The average Bonchev–Trinajstić information content (AvgIpc) is 2.62. The summed E-state index contributed by atoms with van der Waals surface area (Å²) in [6.07, 6.45) is 0. The zero-order chi connectivity index (χ0) is 17.9. The molecule has 0 aliphatic rings. The number of carbonyl (C=O) groups excluding carboxylic acids is 1. The lowest BCUT2D eigenvalue weighted by molar-refractivity contribution is 0.103. The lowest BCUT2D eigenvalue weighted by atomic mass is 10.0. The zero-order valence-corrected chi connectivity index (χ0v) is 16.0. The summed E-state index contributed by atoms with van der Waals surface area (Å²) in [5.74, 6) is -0.157. The van der Waals surface area contributed by atoms with E-state index in [1.54, 1.807) is 72.8 Å². The summed E-state index contributed by atoms with van der Waals surface area (Å²) in [4.78, 5) is 12.7. The van der Waals surface area contributed by atoms with Crippen molar-refractivity contribution in [2.45, 2.75) is 4.90 Å². The van der Waals surface area contributed by atoms with Gasteiger partial charge < -0.3 is 0 Å². The van der Waals surface area contributed by atoms with E-state index in [0.29, 0.717) is 16.8 Å². The fourth-order valence-corrected chi connectivity index (χ4v) is 3.72. The van der Waals surface area contributed by atoms with Crippen molar-refractivity contribution in [1.29, 1.82) is 0 Å². The van der Waals surface area contributed by atoms with Crippen LogP contribution in [-0.2, 0) is 10.0 Å². The summed E-state index contributed by atoms with van der Waals surface area (Å²) in [6.45, 7) is 0. The molecule has 3 aromatic carbocycles. The van der Waals surface area contributed by atoms with Gasteiger partial charge in [-0.15, -0.1) is 0 Å². The summed E-state index contributed by atoms with van der Waals surface area (Å²) in [5.41, 5.74) is 1.33. The van der Waals surface area contributed by atoms with Crippen molar-refractivity contribution >= 4 is 44.1 Å². The van der Waals surface area contributed by atoms with Crippen molar-refractivity contribution in [3.05, 3.63) is 93.6 Å². The van der Waals surface area contributed by atoms with E-state index in [-0.39, 0.29) is 10.7 Å². The minimum Gasteiger partial charge on any atom is -0.289 e. The van der Waals surface area contributed by atoms with E-state index in [1.807, 2.05) is 6.07 Å². The summed E-state index contributed by atoms with van der Waals surface area (Å²) >= 11 is 2.11. The van der Waals surface area contributed by atoms with E-state index in [2.05, 4.69) is 27.3 Å². The number of anilines is 1. The molecule has 0 amide bonds. The molecule has 3 rings (SSSR count). The third-order valence-corrected chi connectivity index (χ3v) is 5.65. The van der Waals surface area contributed by atoms with E-state index in [1.165, 1.54) is 0 Å². The van der Waals surface area contributed by atoms with Gasteiger partial charge in [0, 0.05) is 20.4 Å². The second-order valence-electron chi connectivity index (χ2n) is 5.34.